The molecule has 0 saturated heterocycles. The summed E-state index contributed by atoms with van der Waals surface area (Å²) in [5.41, 5.74) is 0.761. The van der Waals surface area contributed by atoms with Crippen LogP contribution in [0.15, 0.2) is 24.3 Å². The van der Waals surface area contributed by atoms with E-state index in [-0.39, 0.29) is 11.9 Å². The SMILES string of the molecule is CCCNC(CCCOC)c1ccccc1F. The molecule has 0 aliphatic carbocycles. The minimum absolute atomic E-state index is 0.0892. The molecular weight excluding hydrogens is 217 g/mol. The Labute approximate surface area is 103 Å². The second-order valence-electron chi connectivity index (χ2n) is 4.16. The summed E-state index contributed by atoms with van der Waals surface area (Å²) in [5.74, 6) is -0.126. The molecule has 1 atom stereocenters. The highest BCUT2D eigenvalue weighted by Gasteiger charge is 2.13. The number of halogens is 1. The molecule has 1 rings (SSSR count). The van der Waals surface area contributed by atoms with Gasteiger partial charge in [-0.3, -0.25) is 0 Å². The lowest BCUT2D eigenvalue weighted by atomic mass is 10.0. The predicted octanol–water partition coefficient (Wildman–Crippen LogP) is 3.29. The van der Waals surface area contributed by atoms with Crippen LogP contribution >= 0.6 is 0 Å². The van der Waals surface area contributed by atoms with E-state index < -0.39 is 0 Å². The van der Waals surface area contributed by atoms with Crippen LogP contribution in [0.2, 0.25) is 0 Å². The lowest BCUT2D eigenvalue weighted by Crippen LogP contribution is -2.23. The summed E-state index contributed by atoms with van der Waals surface area (Å²) >= 11 is 0. The first-order chi connectivity index (χ1) is 8.29. The Bertz CT molecular complexity index is 317. The maximum absolute atomic E-state index is 13.7. The lowest BCUT2D eigenvalue weighted by Gasteiger charge is -2.19. The summed E-state index contributed by atoms with van der Waals surface area (Å²) in [7, 11) is 1.69. The average Bonchev–Trinajstić information content (AvgIpc) is 2.35. The number of hydrogen-bond acceptors (Lipinski definition) is 2. The molecule has 1 N–H and O–H groups in total. The molecule has 0 spiro atoms. The van der Waals surface area contributed by atoms with Crippen LogP contribution in [0.3, 0.4) is 0 Å². The van der Waals surface area contributed by atoms with E-state index in [1.807, 2.05) is 12.1 Å². The zero-order chi connectivity index (χ0) is 12.5. The predicted molar refractivity (Wildman–Crippen MR) is 68.5 cm³/mol. The number of hydrogen-bond donors (Lipinski definition) is 1. The Hall–Kier alpha value is -0.930. The second kappa shape index (κ2) is 8.20. The van der Waals surface area contributed by atoms with Crippen molar-refractivity contribution in [2.24, 2.45) is 0 Å². The summed E-state index contributed by atoms with van der Waals surface area (Å²) < 4.78 is 18.7. The molecule has 0 amide bonds. The standard InChI is InChI=1S/C14H22FNO/c1-3-10-16-14(9-6-11-17-2)12-7-4-5-8-13(12)15/h4-5,7-8,14,16H,3,6,9-11H2,1-2H3. The van der Waals surface area contributed by atoms with Crippen LogP contribution in [0.5, 0.6) is 0 Å². The first kappa shape index (κ1) is 14.1. The Morgan fingerprint density at radius 3 is 2.76 bits per heavy atom. The molecule has 0 fully saturated rings. The van der Waals surface area contributed by atoms with Gasteiger partial charge in [0.25, 0.3) is 0 Å². The van der Waals surface area contributed by atoms with E-state index in [1.54, 1.807) is 13.2 Å². The lowest BCUT2D eigenvalue weighted by molar-refractivity contribution is 0.188. The molecule has 0 saturated carbocycles. The third-order valence-electron chi connectivity index (χ3n) is 2.76. The molecule has 1 aromatic rings. The van der Waals surface area contributed by atoms with Crippen LogP contribution in [0.25, 0.3) is 0 Å². The van der Waals surface area contributed by atoms with Crippen molar-refractivity contribution in [2.45, 2.75) is 32.2 Å². The average molecular weight is 239 g/mol. The summed E-state index contributed by atoms with van der Waals surface area (Å²) in [6.07, 6.45) is 2.89. The minimum Gasteiger partial charge on any atom is -0.385 e. The molecule has 96 valence electrons. The van der Waals surface area contributed by atoms with Crippen molar-refractivity contribution < 1.29 is 9.13 Å². The largest absolute Gasteiger partial charge is 0.385 e. The van der Waals surface area contributed by atoms with Crippen LogP contribution in [-0.4, -0.2) is 20.3 Å². The first-order valence-corrected chi connectivity index (χ1v) is 6.26. The molecule has 1 unspecified atom stereocenters. The van der Waals surface area contributed by atoms with E-state index >= 15 is 0 Å². The molecule has 2 nitrogen and oxygen atoms in total. The highest BCUT2D eigenvalue weighted by atomic mass is 19.1. The van der Waals surface area contributed by atoms with Gasteiger partial charge in [0.2, 0.25) is 0 Å². The Balaban J connectivity index is 2.64. The number of nitrogens with one attached hydrogen (secondary N) is 1. The van der Waals surface area contributed by atoms with E-state index in [1.165, 1.54) is 6.07 Å². The van der Waals surface area contributed by atoms with Crippen LogP contribution in [0.4, 0.5) is 4.39 Å². The first-order valence-electron chi connectivity index (χ1n) is 6.26. The molecule has 0 aliphatic heterocycles. The molecule has 17 heavy (non-hydrogen) atoms. The van der Waals surface area contributed by atoms with Gasteiger partial charge < -0.3 is 10.1 Å². The fourth-order valence-corrected chi connectivity index (χ4v) is 1.88. The van der Waals surface area contributed by atoms with Crippen molar-refractivity contribution in [2.75, 3.05) is 20.3 Å². The fraction of sp³-hybridized carbons (Fsp3) is 0.571. The van der Waals surface area contributed by atoms with E-state index in [0.29, 0.717) is 0 Å². The van der Waals surface area contributed by atoms with Crippen molar-refractivity contribution in [3.63, 3.8) is 0 Å². The number of ether oxygens (including phenoxy) is 1. The smallest absolute Gasteiger partial charge is 0.127 e. The third-order valence-corrected chi connectivity index (χ3v) is 2.76. The molecule has 0 bridgehead atoms. The van der Waals surface area contributed by atoms with Gasteiger partial charge >= 0.3 is 0 Å². The van der Waals surface area contributed by atoms with Crippen LogP contribution in [-0.2, 0) is 4.74 Å². The molecule has 0 aromatic heterocycles. The maximum Gasteiger partial charge on any atom is 0.127 e. The van der Waals surface area contributed by atoms with Gasteiger partial charge in [-0.25, -0.2) is 4.39 Å². The van der Waals surface area contributed by atoms with Gasteiger partial charge in [0, 0.05) is 25.3 Å². The molecule has 1 aromatic carbocycles. The minimum atomic E-state index is -0.126. The molecule has 0 aliphatic rings. The van der Waals surface area contributed by atoms with E-state index in [0.717, 1.165) is 38.0 Å². The fourth-order valence-electron chi connectivity index (χ4n) is 1.88. The topological polar surface area (TPSA) is 21.3 Å². The number of methoxy groups -OCH3 is 1. The second-order valence-corrected chi connectivity index (χ2v) is 4.16. The summed E-state index contributed by atoms with van der Waals surface area (Å²) in [5, 5.41) is 3.39. The number of rotatable bonds is 8. The van der Waals surface area contributed by atoms with Crippen molar-refractivity contribution >= 4 is 0 Å². The molecule has 3 heteroatoms. The van der Waals surface area contributed by atoms with Crippen molar-refractivity contribution in [1.29, 1.82) is 0 Å². The van der Waals surface area contributed by atoms with Gasteiger partial charge in [-0.15, -0.1) is 0 Å². The highest BCUT2D eigenvalue weighted by Crippen LogP contribution is 2.21. The van der Waals surface area contributed by atoms with Crippen LogP contribution in [0.1, 0.15) is 37.8 Å². The molecule has 0 radical (unpaired) electrons. The van der Waals surface area contributed by atoms with Gasteiger partial charge in [0.1, 0.15) is 5.82 Å². The Kier molecular flexibility index (Phi) is 6.82. The van der Waals surface area contributed by atoms with E-state index in [4.69, 9.17) is 4.74 Å². The monoisotopic (exact) mass is 239 g/mol. The zero-order valence-corrected chi connectivity index (χ0v) is 10.7. The zero-order valence-electron chi connectivity index (χ0n) is 10.7. The van der Waals surface area contributed by atoms with Gasteiger partial charge in [-0.2, -0.15) is 0 Å². The normalized spacial score (nSPS) is 12.6. The van der Waals surface area contributed by atoms with Gasteiger partial charge in [-0.05, 0) is 31.9 Å². The van der Waals surface area contributed by atoms with Crippen LogP contribution in [0, 0.1) is 5.82 Å². The third kappa shape index (κ3) is 4.84. The Morgan fingerprint density at radius 1 is 1.35 bits per heavy atom. The summed E-state index contributed by atoms with van der Waals surface area (Å²) in [4.78, 5) is 0. The quantitative estimate of drug-likeness (QED) is 0.703. The maximum atomic E-state index is 13.7. The highest BCUT2D eigenvalue weighted by molar-refractivity contribution is 5.21. The number of benzene rings is 1. The van der Waals surface area contributed by atoms with E-state index in [2.05, 4.69) is 12.2 Å². The molecular formula is C14H22FNO. The van der Waals surface area contributed by atoms with Crippen molar-refractivity contribution in [3.05, 3.63) is 35.6 Å². The van der Waals surface area contributed by atoms with E-state index in [9.17, 15) is 4.39 Å². The van der Waals surface area contributed by atoms with Gasteiger partial charge in [0.05, 0.1) is 0 Å². The van der Waals surface area contributed by atoms with Crippen molar-refractivity contribution in [3.8, 4) is 0 Å². The van der Waals surface area contributed by atoms with Gasteiger partial charge in [-0.1, -0.05) is 25.1 Å². The Morgan fingerprint density at radius 2 is 2.12 bits per heavy atom. The van der Waals surface area contributed by atoms with Crippen molar-refractivity contribution in [1.82, 2.24) is 5.32 Å². The summed E-state index contributed by atoms with van der Waals surface area (Å²) in [6, 6.07) is 7.08. The van der Waals surface area contributed by atoms with Gasteiger partial charge in [0.15, 0.2) is 0 Å². The molecule has 0 heterocycles. The van der Waals surface area contributed by atoms with Crippen LogP contribution < -0.4 is 5.32 Å². The summed E-state index contributed by atoms with van der Waals surface area (Å²) in [6.45, 7) is 3.74.